The molecular formula is C18H18N2O3. The van der Waals surface area contributed by atoms with Crippen LogP contribution >= 0.6 is 0 Å². The Morgan fingerprint density at radius 3 is 2.57 bits per heavy atom. The number of anilines is 1. The standard InChI is InChI=1S/C18H18N2O3/c1-18(2,3)23-17(22)20-15-6-4-5-13(9-15)14-7-12(11-19)8-16(21)10-14/h4-10,21H,1-3H3,(H,20,22). The second-order valence-corrected chi connectivity index (χ2v) is 6.09. The molecular weight excluding hydrogens is 292 g/mol. The Kier molecular flexibility index (Phi) is 4.56. The summed E-state index contributed by atoms with van der Waals surface area (Å²) < 4.78 is 5.21. The van der Waals surface area contributed by atoms with E-state index in [2.05, 4.69) is 5.32 Å². The van der Waals surface area contributed by atoms with E-state index in [0.717, 1.165) is 5.56 Å². The van der Waals surface area contributed by atoms with Crippen molar-refractivity contribution in [2.45, 2.75) is 26.4 Å². The average molecular weight is 310 g/mol. The van der Waals surface area contributed by atoms with E-state index in [-0.39, 0.29) is 5.75 Å². The molecule has 0 aromatic heterocycles. The molecule has 0 fully saturated rings. The van der Waals surface area contributed by atoms with Gasteiger partial charge in [0.05, 0.1) is 11.6 Å². The Bertz CT molecular complexity index is 771. The van der Waals surface area contributed by atoms with Crippen molar-refractivity contribution in [2.75, 3.05) is 5.32 Å². The molecule has 0 bridgehead atoms. The van der Waals surface area contributed by atoms with E-state index < -0.39 is 11.7 Å². The van der Waals surface area contributed by atoms with E-state index in [1.807, 2.05) is 12.1 Å². The van der Waals surface area contributed by atoms with Crippen LogP contribution in [0.4, 0.5) is 10.5 Å². The maximum atomic E-state index is 11.8. The van der Waals surface area contributed by atoms with Crippen LogP contribution in [-0.2, 0) is 4.74 Å². The van der Waals surface area contributed by atoms with Crippen LogP contribution < -0.4 is 5.32 Å². The molecule has 0 saturated carbocycles. The molecule has 5 nitrogen and oxygen atoms in total. The first-order valence-electron chi connectivity index (χ1n) is 7.11. The Labute approximate surface area is 135 Å². The molecule has 2 aromatic carbocycles. The van der Waals surface area contributed by atoms with E-state index in [4.69, 9.17) is 10.00 Å². The maximum Gasteiger partial charge on any atom is 0.412 e. The lowest BCUT2D eigenvalue weighted by molar-refractivity contribution is 0.0636. The van der Waals surface area contributed by atoms with Gasteiger partial charge in [-0.25, -0.2) is 4.79 Å². The molecule has 1 amide bonds. The van der Waals surface area contributed by atoms with Gasteiger partial charge in [-0.3, -0.25) is 5.32 Å². The van der Waals surface area contributed by atoms with Gasteiger partial charge in [-0.1, -0.05) is 12.1 Å². The summed E-state index contributed by atoms with van der Waals surface area (Å²) in [7, 11) is 0. The second kappa shape index (κ2) is 6.41. The number of benzene rings is 2. The number of rotatable bonds is 2. The number of phenolic OH excluding ortho intramolecular Hbond substituents is 1. The number of ether oxygens (including phenoxy) is 1. The number of carbonyl (C=O) groups excluding carboxylic acids is 1. The highest BCUT2D eigenvalue weighted by molar-refractivity contribution is 5.86. The third kappa shape index (κ3) is 4.75. The number of aromatic hydroxyl groups is 1. The second-order valence-electron chi connectivity index (χ2n) is 6.09. The van der Waals surface area contributed by atoms with Crippen molar-refractivity contribution in [1.29, 1.82) is 5.26 Å². The number of hydrogen-bond acceptors (Lipinski definition) is 4. The summed E-state index contributed by atoms with van der Waals surface area (Å²) in [4.78, 5) is 11.8. The van der Waals surface area contributed by atoms with E-state index in [1.165, 1.54) is 6.07 Å². The molecule has 0 spiro atoms. The summed E-state index contributed by atoms with van der Waals surface area (Å²) >= 11 is 0. The minimum atomic E-state index is -0.575. The first kappa shape index (κ1) is 16.4. The monoisotopic (exact) mass is 310 g/mol. The summed E-state index contributed by atoms with van der Waals surface area (Å²) in [5, 5.41) is 21.3. The van der Waals surface area contributed by atoms with Crippen molar-refractivity contribution in [3.63, 3.8) is 0 Å². The lowest BCUT2D eigenvalue weighted by Gasteiger charge is -2.19. The molecule has 0 aliphatic rings. The van der Waals surface area contributed by atoms with Gasteiger partial charge in [0, 0.05) is 5.69 Å². The van der Waals surface area contributed by atoms with Gasteiger partial charge in [0.25, 0.3) is 0 Å². The fourth-order valence-corrected chi connectivity index (χ4v) is 2.04. The maximum absolute atomic E-state index is 11.8. The quantitative estimate of drug-likeness (QED) is 0.867. The molecule has 0 unspecified atom stereocenters. The predicted octanol–water partition coefficient (Wildman–Crippen LogP) is 4.28. The first-order valence-corrected chi connectivity index (χ1v) is 7.11. The lowest BCUT2D eigenvalue weighted by atomic mass is 10.0. The van der Waals surface area contributed by atoms with Gasteiger partial charge in [0.2, 0.25) is 0 Å². The molecule has 0 atom stereocenters. The van der Waals surface area contributed by atoms with Gasteiger partial charge >= 0.3 is 6.09 Å². The van der Waals surface area contributed by atoms with Gasteiger partial charge in [0.1, 0.15) is 11.4 Å². The van der Waals surface area contributed by atoms with Crippen molar-refractivity contribution >= 4 is 11.8 Å². The number of nitrogens with zero attached hydrogens (tertiary/aromatic N) is 1. The van der Waals surface area contributed by atoms with Crippen LogP contribution in [0.5, 0.6) is 5.75 Å². The Morgan fingerprint density at radius 2 is 1.91 bits per heavy atom. The molecule has 23 heavy (non-hydrogen) atoms. The Balaban J connectivity index is 2.25. The zero-order chi connectivity index (χ0) is 17.0. The SMILES string of the molecule is CC(C)(C)OC(=O)Nc1cccc(-c2cc(O)cc(C#N)c2)c1. The van der Waals surface area contributed by atoms with E-state index >= 15 is 0 Å². The number of hydrogen-bond donors (Lipinski definition) is 2. The van der Waals surface area contributed by atoms with E-state index in [1.54, 1.807) is 51.1 Å². The van der Waals surface area contributed by atoms with Gasteiger partial charge in [-0.05, 0) is 62.2 Å². The van der Waals surface area contributed by atoms with Crippen LogP contribution in [0.25, 0.3) is 11.1 Å². The van der Waals surface area contributed by atoms with Gasteiger partial charge in [-0.2, -0.15) is 5.26 Å². The van der Waals surface area contributed by atoms with Gasteiger partial charge < -0.3 is 9.84 Å². The van der Waals surface area contributed by atoms with Crippen molar-refractivity contribution in [3.8, 4) is 22.9 Å². The molecule has 118 valence electrons. The summed E-state index contributed by atoms with van der Waals surface area (Å²) in [5.41, 5.74) is 1.82. The Morgan fingerprint density at radius 1 is 1.17 bits per heavy atom. The zero-order valence-electron chi connectivity index (χ0n) is 13.3. The summed E-state index contributed by atoms with van der Waals surface area (Å²) in [6, 6.07) is 13.7. The highest BCUT2D eigenvalue weighted by Crippen LogP contribution is 2.27. The number of amides is 1. The van der Waals surface area contributed by atoms with Crippen LogP contribution in [0.15, 0.2) is 42.5 Å². The summed E-state index contributed by atoms with van der Waals surface area (Å²) in [6.45, 7) is 5.37. The largest absolute Gasteiger partial charge is 0.508 e. The molecule has 2 N–H and O–H groups in total. The summed E-state index contributed by atoms with van der Waals surface area (Å²) in [5.74, 6) is 0.0181. The molecule has 0 aliphatic heterocycles. The highest BCUT2D eigenvalue weighted by atomic mass is 16.6. The first-order chi connectivity index (χ1) is 10.8. The van der Waals surface area contributed by atoms with Gasteiger partial charge in [0.15, 0.2) is 0 Å². The number of carbonyl (C=O) groups is 1. The summed E-state index contributed by atoms with van der Waals surface area (Å²) in [6.07, 6.45) is -0.539. The fraction of sp³-hybridized carbons (Fsp3) is 0.222. The number of nitriles is 1. The molecule has 0 aliphatic carbocycles. The van der Waals surface area contributed by atoms with Crippen LogP contribution in [0.1, 0.15) is 26.3 Å². The number of nitrogens with one attached hydrogen (secondary N) is 1. The van der Waals surface area contributed by atoms with Crippen LogP contribution in [0, 0.1) is 11.3 Å². The van der Waals surface area contributed by atoms with Gasteiger partial charge in [-0.15, -0.1) is 0 Å². The number of phenols is 1. The fourth-order valence-electron chi connectivity index (χ4n) is 2.04. The topological polar surface area (TPSA) is 82.3 Å². The van der Waals surface area contributed by atoms with E-state index in [9.17, 15) is 9.90 Å². The van der Waals surface area contributed by atoms with Crippen molar-refractivity contribution in [1.82, 2.24) is 0 Å². The lowest BCUT2D eigenvalue weighted by Crippen LogP contribution is -2.27. The molecule has 0 heterocycles. The van der Waals surface area contributed by atoms with Crippen molar-refractivity contribution in [3.05, 3.63) is 48.0 Å². The predicted molar refractivity (Wildman–Crippen MR) is 88.1 cm³/mol. The van der Waals surface area contributed by atoms with Crippen molar-refractivity contribution in [2.24, 2.45) is 0 Å². The molecule has 5 heteroatoms. The van der Waals surface area contributed by atoms with Crippen LogP contribution in [-0.4, -0.2) is 16.8 Å². The zero-order valence-corrected chi connectivity index (χ0v) is 13.3. The average Bonchev–Trinajstić information content (AvgIpc) is 2.44. The van der Waals surface area contributed by atoms with E-state index in [0.29, 0.717) is 16.8 Å². The molecule has 0 saturated heterocycles. The molecule has 2 rings (SSSR count). The van der Waals surface area contributed by atoms with Crippen LogP contribution in [0.3, 0.4) is 0 Å². The van der Waals surface area contributed by atoms with Crippen LogP contribution in [0.2, 0.25) is 0 Å². The normalized spacial score (nSPS) is 10.7. The third-order valence-corrected chi connectivity index (χ3v) is 2.89. The molecule has 2 aromatic rings. The highest BCUT2D eigenvalue weighted by Gasteiger charge is 2.16. The Hall–Kier alpha value is -3.00. The minimum Gasteiger partial charge on any atom is -0.508 e. The minimum absolute atomic E-state index is 0.0181. The molecule has 0 radical (unpaired) electrons. The third-order valence-electron chi connectivity index (χ3n) is 2.89. The smallest absolute Gasteiger partial charge is 0.412 e. The van der Waals surface area contributed by atoms with Crippen molar-refractivity contribution < 1.29 is 14.6 Å².